The second-order valence-electron chi connectivity index (χ2n) is 6.59. The Morgan fingerprint density at radius 3 is 3.10 bits per heavy atom. The molecule has 2 aliphatic heterocycles. The van der Waals surface area contributed by atoms with Crippen molar-refractivity contribution in [3.63, 3.8) is 0 Å². The first-order chi connectivity index (χ1) is 10.3. The summed E-state index contributed by atoms with van der Waals surface area (Å²) in [7, 11) is 3.98. The highest BCUT2D eigenvalue weighted by Gasteiger charge is 2.42. The fourth-order valence-corrected chi connectivity index (χ4v) is 4.31. The van der Waals surface area contributed by atoms with Crippen molar-refractivity contribution in [3.8, 4) is 11.5 Å². The van der Waals surface area contributed by atoms with Crippen LogP contribution >= 0.6 is 0 Å². The normalized spacial score (nSPS) is 34.4. The minimum absolute atomic E-state index is 0.290. The number of rotatable bonds is 1. The zero-order valence-electron chi connectivity index (χ0n) is 12.8. The van der Waals surface area contributed by atoms with Gasteiger partial charge in [0.1, 0.15) is 6.10 Å². The lowest BCUT2D eigenvalue weighted by molar-refractivity contribution is 0.0179. The summed E-state index contributed by atoms with van der Waals surface area (Å²) < 4.78 is 11.9. The first-order valence-corrected chi connectivity index (χ1v) is 7.97. The van der Waals surface area contributed by atoms with Crippen LogP contribution in [-0.2, 0) is 6.42 Å². The van der Waals surface area contributed by atoms with Crippen molar-refractivity contribution in [1.82, 2.24) is 4.90 Å². The summed E-state index contributed by atoms with van der Waals surface area (Å²) in [6, 6.07) is 7.01. The predicted molar refractivity (Wildman–Crippen MR) is 82.9 cm³/mol. The standard InChI is InChI=1S/C18H23NO2/c1-19-9-8-14-13-4-3-5-16(14)21-18-11-12(10-15(13)19)6-7-17(18)20-2/h3-4,6-7,11,13-16H,5,8-10H2,1-2H3/t13-,14+,15-,16+/m1/s1. The fraction of sp³-hybridized carbons (Fsp3) is 0.556. The molecule has 3 nitrogen and oxygen atoms in total. The van der Waals surface area contributed by atoms with Gasteiger partial charge in [-0.2, -0.15) is 0 Å². The summed E-state index contributed by atoms with van der Waals surface area (Å²) in [5.74, 6) is 3.02. The van der Waals surface area contributed by atoms with Gasteiger partial charge in [0, 0.05) is 18.4 Å². The largest absolute Gasteiger partial charge is 0.493 e. The van der Waals surface area contributed by atoms with Gasteiger partial charge in [-0.15, -0.1) is 0 Å². The zero-order valence-corrected chi connectivity index (χ0v) is 12.8. The molecule has 1 fully saturated rings. The van der Waals surface area contributed by atoms with Gasteiger partial charge in [-0.25, -0.2) is 0 Å². The summed E-state index contributed by atoms with van der Waals surface area (Å²) in [6.45, 7) is 1.17. The van der Waals surface area contributed by atoms with Crippen molar-refractivity contribution in [2.24, 2.45) is 11.8 Å². The van der Waals surface area contributed by atoms with E-state index in [9.17, 15) is 0 Å². The molecule has 1 aromatic carbocycles. The molecule has 1 aliphatic carbocycles. The molecule has 0 aromatic heterocycles. The van der Waals surface area contributed by atoms with Crippen molar-refractivity contribution < 1.29 is 9.47 Å². The third kappa shape index (κ3) is 2.15. The fourth-order valence-electron chi connectivity index (χ4n) is 4.31. The van der Waals surface area contributed by atoms with Crippen molar-refractivity contribution >= 4 is 0 Å². The summed E-state index contributed by atoms with van der Waals surface area (Å²) in [4.78, 5) is 2.53. The van der Waals surface area contributed by atoms with Crippen LogP contribution in [0.15, 0.2) is 30.4 Å². The van der Waals surface area contributed by atoms with Crippen LogP contribution < -0.4 is 9.47 Å². The van der Waals surface area contributed by atoms with Crippen LogP contribution in [0.3, 0.4) is 0 Å². The minimum Gasteiger partial charge on any atom is -0.493 e. The van der Waals surface area contributed by atoms with Gasteiger partial charge in [0.05, 0.1) is 7.11 Å². The molecule has 2 heterocycles. The molecule has 21 heavy (non-hydrogen) atoms. The second kappa shape index (κ2) is 5.06. The average Bonchev–Trinajstić information content (AvgIpc) is 2.52. The molecular formula is C18H23NO2. The highest BCUT2D eigenvalue weighted by Crippen LogP contribution is 2.42. The number of fused-ring (bicyclic) bond motifs is 2. The SMILES string of the molecule is COc1ccc2cc1O[C@H]1CC=C[C@@H]3[C@@H]1CCN(C)[C@@H]3C2. The first kappa shape index (κ1) is 13.2. The predicted octanol–water partition coefficient (Wildman–Crippen LogP) is 2.90. The minimum atomic E-state index is 0.290. The van der Waals surface area contributed by atoms with E-state index in [1.165, 1.54) is 18.5 Å². The molecule has 3 heteroatoms. The van der Waals surface area contributed by atoms with Crippen molar-refractivity contribution in [3.05, 3.63) is 35.9 Å². The van der Waals surface area contributed by atoms with Crippen LogP contribution in [0.5, 0.6) is 11.5 Å². The Morgan fingerprint density at radius 2 is 2.24 bits per heavy atom. The summed E-state index contributed by atoms with van der Waals surface area (Å²) in [5.41, 5.74) is 1.35. The Labute approximate surface area is 126 Å². The van der Waals surface area contributed by atoms with E-state index in [0.29, 0.717) is 24.0 Å². The van der Waals surface area contributed by atoms with E-state index in [0.717, 1.165) is 24.3 Å². The lowest BCUT2D eigenvalue weighted by Crippen LogP contribution is -2.52. The zero-order chi connectivity index (χ0) is 14.4. The molecule has 4 rings (SSSR count). The van der Waals surface area contributed by atoms with Crippen LogP contribution in [0.25, 0.3) is 0 Å². The maximum Gasteiger partial charge on any atom is 0.161 e. The van der Waals surface area contributed by atoms with E-state index >= 15 is 0 Å². The van der Waals surface area contributed by atoms with Gasteiger partial charge in [0.2, 0.25) is 0 Å². The van der Waals surface area contributed by atoms with E-state index in [-0.39, 0.29) is 0 Å². The number of methoxy groups -OCH3 is 1. The molecule has 1 aromatic rings. The average molecular weight is 285 g/mol. The number of nitrogens with zero attached hydrogens (tertiary/aromatic N) is 1. The van der Waals surface area contributed by atoms with E-state index in [1.807, 2.05) is 0 Å². The smallest absolute Gasteiger partial charge is 0.161 e. The lowest BCUT2D eigenvalue weighted by Gasteiger charge is -2.46. The molecule has 0 amide bonds. The molecule has 0 radical (unpaired) electrons. The van der Waals surface area contributed by atoms with Crippen molar-refractivity contribution in [1.29, 1.82) is 0 Å². The van der Waals surface area contributed by atoms with Crippen LogP contribution in [0, 0.1) is 11.8 Å². The van der Waals surface area contributed by atoms with Gasteiger partial charge in [-0.05, 0) is 50.0 Å². The quantitative estimate of drug-likeness (QED) is 0.741. The van der Waals surface area contributed by atoms with E-state index < -0.39 is 0 Å². The number of piperidine rings is 1. The number of ether oxygens (including phenoxy) is 2. The molecule has 0 N–H and O–H groups in total. The molecule has 112 valence electrons. The lowest BCUT2D eigenvalue weighted by atomic mass is 9.71. The van der Waals surface area contributed by atoms with Crippen molar-refractivity contribution in [2.75, 3.05) is 20.7 Å². The first-order valence-electron chi connectivity index (χ1n) is 7.97. The van der Waals surface area contributed by atoms with E-state index in [2.05, 4.69) is 42.3 Å². The number of benzene rings is 1. The summed E-state index contributed by atoms with van der Waals surface area (Å²) >= 11 is 0. The van der Waals surface area contributed by atoms with Gasteiger partial charge in [0.15, 0.2) is 11.5 Å². The maximum atomic E-state index is 6.39. The second-order valence-corrected chi connectivity index (χ2v) is 6.59. The number of hydrogen-bond donors (Lipinski definition) is 0. The van der Waals surface area contributed by atoms with Gasteiger partial charge in [0.25, 0.3) is 0 Å². The molecule has 1 saturated heterocycles. The maximum absolute atomic E-state index is 6.39. The van der Waals surface area contributed by atoms with Crippen LogP contribution in [-0.4, -0.2) is 37.7 Å². The topological polar surface area (TPSA) is 21.7 Å². The molecule has 3 aliphatic rings. The Morgan fingerprint density at radius 1 is 1.33 bits per heavy atom. The van der Waals surface area contributed by atoms with Crippen LogP contribution in [0.4, 0.5) is 0 Å². The highest BCUT2D eigenvalue weighted by atomic mass is 16.5. The molecule has 0 saturated carbocycles. The van der Waals surface area contributed by atoms with E-state index in [1.54, 1.807) is 7.11 Å². The van der Waals surface area contributed by atoms with Crippen LogP contribution in [0.2, 0.25) is 0 Å². The Balaban J connectivity index is 1.80. The summed E-state index contributed by atoms with van der Waals surface area (Å²) in [6.07, 6.45) is 8.39. The molecular weight excluding hydrogens is 262 g/mol. The van der Waals surface area contributed by atoms with E-state index in [4.69, 9.17) is 9.47 Å². The van der Waals surface area contributed by atoms with Gasteiger partial charge in [-0.1, -0.05) is 18.2 Å². The number of likely N-dealkylation sites (N-methyl/N-ethyl adjacent to an activating group) is 1. The molecule has 0 unspecified atom stereocenters. The van der Waals surface area contributed by atoms with Gasteiger partial charge in [-0.3, -0.25) is 0 Å². The van der Waals surface area contributed by atoms with Crippen molar-refractivity contribution in [2.45, 2.75) is 31.4 Å². The number of likely N-dealkylation sites (tertiary alicyclic amines) is 1. The molecule has 6 bridgehead atoms. The van der Waals surface area contributed by atoms with Gasteiger partial charge >= 0.3 is 0 Å². The van der Waals surface area contributed by atoms with Crippen LogP contribution in [0.1, 0.15) is 18.4 Å². The highest BCUT2D eigenvalue weighted by molar-refractivity contribution is 5.44. The molecule has 0 spiro atoms. The molecule has 4 atom stereocenters. The monoisotopic (exact) mass is 285 g/mol. The third-order valence-electron chi connectivity index (χ3n) is 5.48. The Kier molecular flexibility index (Phi) is 3.18. The van der Waals surface area contributed by atoms with Gasteiger partial charge < -0.3 is 14.4 Å². The third-order valence-corrected chi connectivity index (χ3v) is 5.48. The number of hydrogen-bond acceptors (Lipinski definition) is 3. The summed E-state index contributed by atoms with van der Waals surface area (Å²) in [5, 5.41) is 0. The Hall–Kier alpha value is -1.48. The Bertz CT molecular complexity index is 568.